The Labute approximate surface area is 249 Å². The number of halogens is 1. The second kappa shape index (κ2) is 13.5. The summed E-state index contributed by atoms with van der Waals surface area (Å²) < 4.78 is 23.1. The Morgan fingerprint density at radius 1 is 1.05 bits per heavy atom. The summed E-state index contributed by atoms with van der Waals surface area (Å²) in [6.07, 6.45) is 1.51. The van der Waals surface area contributed by atoms with E-state index >= 15 is 0 Å². The van der Waals surface area contributed by atoms with Gasteiger partial charge in [-0.1, -0.05) is 37.6 Å². The molecule has 0 unspecified atom stereocenters. The third-order valence-corrected chi connectivity index (χ3v) is 6.77. The maximum atomic E-state index is 13.8. The molecule has 0 aliphatic rings. The van der Waals surface area contributed by atoms with Crippen LogP contribution < -0.4 is 19.8 Å². The Hall–Kier alpha value is -4.37. The summed E-state index contributed by atoms with van der Waals surface area (Å²) in [5.74, 6) is 1.35. The van der Waals surface area contributed by atoms with Crippen LogP contribution in [0.5, 0.6) is 17.2 Å². The van der Waals surface area contributed by atoms with Gasteiger partial charge in [-0.25, -0.2) is 9.78 Å². The van der Waals surface area contributed by atoms with Crippen LogP contribution in [-0.2, 0) is 9.53 Å². The van der Waals surface area contributed by atoms with E-state index in [9.17, 15) is 9.59 Å². The molecule has 1 aromatic heterocycles. The van der Waals surface area contributed by atoms with Crippen molar-refractivity contribution >= 4 is 34.7 Å². The summed E-state index contributed by atoms with van der Waals surface area (Å²) in [6, 6.07) is 14.4. The molecular weight excluding hydrogens is 558 g/mol. The highest BCUT2D eigenvalue weighted by molar-refractivity contribution is 6.32. The third-order valence-electron chi connectivity index (χ3n) is 6.49. The van der Waals surface area contributed by atoms with Crippen LogP contribution in [0.1, 0.15) is 50.3 Å². The van der Waals surface area contributed by atoms with Gasteiger partial charge in [0, 0.05) is 5.56 Å². The highest BCUT2D eigenvalue weighted by Crippen LogP contribution is 2.37. The molecule has 0 fully saturated rings. The predicted molar refractivity (Wildman–Crippen MR) is 165 cm³/mol. The van der Waals surface area contributed by atoms with E-state index < -0.39 is 5.97 Å². The normalized spacial score (nSPS) is 11.3. The Bertz CT molecular complexity index is 1700. The average Bonchev–Trinajstić information content (AvgIpc) is 2.96. The molecule has 0 bridgehead atoms. The number of hydrogen-bond acceptors (Lipinski definition) is 8. The molecule has 0 saturated carbocycles. The summed E-state index contributed by atoms with van der Waals surface area (Å²) in [7, 11) is 1.27. The fourth-order valence-electron chi connectivity index (χ4n) is 4.46. The second-order valence-electron chi connectivity index (χ2n) is 9.73. The molecule has 0 aliphatic heterocycles. The van der Waals surface area contributed by atoms with Crippen molar-refractivity contribution in [1.29, 1.82) is 0 Å². The topological polar surface area (TPSA) is 101 Å². The second-order valence-corrected chi connectivity index (χ2v) is 10.1. The zero-order valence-electron chi connectivity index (χ0n) is 24.6. The molecule has 0 N–H and O–H groups in total. The standard InChI is InChI=1S/C32H34ClN3O6/c1-7-40-27-13-20(5)24(16-23(27)19(3)4)31-35-26-12-10-9-11-22(26)32(38)36(31)34-17-21-14-25(33)30(28(15-21)41-8-2)42-18-29(37)39-6/h9-17,19H,7-8,18H2,1-6H3. The number of fused-ring (bicyclic) bond motifs is 1. The lowest BCUT2D eigenvalue weighted by Gasteiger charge is -2.18. The first kappa shape index (κ1) is 30.6. The average molecular weight is 592 g/mol. The monoisotopic (exact) mass is 591 g/mol. The van der Waals surface area contributed by atoms with Crippen LogP contribution in [0.3, 0.4) is 0 Å². The maximum Gasteiger partial charge on any atom is 0.343 e. The molecule has 220 valence electrons. The van der Waals surface area contributed by atoms with E-state index in [1.807, 2.05) is 45.0 Å². The highest BCUT2D eigenvalue weighted by atomic mass is 35.5. The molecule has 0 spiro atoms. The van der Waals surface area contributed by atoms with Crippen LogP contribution in [0.4, 0.5) is 0 Å². The lowest BCUT2D eigenvalue weighted by Crippen LogP contribution is -2.21. The van der Waals surface area contributed by atoms with Gasteiger partial charge < -0.3 is 18.9 Å². The first-order valence-corrected chi connectivity index (χ1v) is 14.1. The lowest BCUT2D eigenvalue weighted by molar-refractivity contribution is -0.142. The van der Waals surface area contributed by atoms with Crippen LogP contribution >= 0.6 is 11.6 Å². The van der Waals surface area contributed by atoms with Gasteiger partial charge in [0.05, 0.1) is 42.5 Å². The number of rotatable bonds is 11. The van der Waals surface area contributed by atoms with Gasteiger partial charge in [0.15, 0.2) is 23.9 Å². The number of para-hydroxylation sites is 1. The van der Waals surface area contributed by atoms with Crippen LogP contribution in [0, 0.1) is 6.92 Å². The van der Waals surface area contributed by atoms with Gasteiger partial charge in [0.25, 0.3) is 5.56 Å². The number of carbonyl (C=O) groups is 1. The molecule has 0 aliphatic carbocycles. The quantitative estimate of drug-likeness (QED) is 0.147. The van der Waals surface area contributed by atoms with Crippen molar-refractivity contribution in [2.45, 2.75) is 40.5 Å². The van der Waals surface area contributed by atoms with Gasteiger partial charge in [0.1, 0.15) is 5.75 Å². The number of methoxy groups -OCH3 is 1. The molecule has 4 rings (SSSR count). The van der Waals surface area contributed by atoms with E-state index in [2.05, 4.69) is 23.7 Å². The van der Waals surface area contributed by atoms with Crippen molar-refractivity contribution in [1.82, 2.24) is 9.66 Å². The minimum Gasteiger partial charge on any atom is -0.494 e. The number of carbonyl (C=O) groups excluding carboxylic acids is 1. The Morgan fingerprint density at radius 3 is 2.45 bits per heavy atom. The van der Waals surface area contributed by atoms with Crippen molar-refractivity contribution in [3.8, 4) is 28.6 Å². The summed E-state index contributed by atoms with van der Waals surface area (Å²) in [5.41, 5.74) is 3.46. The largest absolute Gasteiger partial charge is 0.494 e. The van der Waals surface area contributed by atoms with Crippen molar-refractivity contribution in [3.63, 3.8) is 0 Å². The SMILES string of the molecule is CCOc1cc(C)c(-c2nc3ccccc3c(=O)n2N=Cc2cc(Cl)c(OCC(=O)OC)c(OCC)c2)cc1C(C)C. The summed E-state index contributed by atoms with van der Waals surface area (Å²) >= 11 is 6.51. The molecular formula is C32H34ClN3O6. The molecule has 0 radical (unpaired) electrons. The number of nitrogens with zero attached hydrogens (tertiary/aromatic N) is 3. The maximum absolute atomic E-state index is 13.8. The molecule has 4 aromatic rings. The van der Waals surface area contributed by atoms with Gasteiger partial charge in [-0.3, -0.25) is 4.79 Å². The van der Waals surface area contributed by atoms with Crippen LogP contribution in [-0.4, -0.2) is 48.8 Å². The molecule has 0 amide bonds. The van der Waals surface area contributed by atoms with E-state index in [0.29, 0.717) is 41.3 Å². The van der Waals surface area contributed by atoms with Crippen molar-refractivity contribution in [3.05, 3.63) is 80.6 Å². The molecule has 1 heterocycles. The minimum absolute atomic E-state index is 0.175. The summed E-state index contributed by atoms with van der Waals surface area (Å²) in [4.78, 5) is 30.3. The summed E-state index contributed by atoms with van der Waals surface area (Å²) in [5, 5.41) is 5.24. The number of aromatic nitrogens is 2. The van der Waals surface area contributed by atoms with Crippen LogP contribution in [0.2, 0.25) is 5.02 Å². The van der Waals surface area contributed by atoms with E-state index in [-0.39, 0.29) is 28.9 Å². The smallest absolute Gasteiger partial charge is 0.343 e. The third kappa shape index (κ3) is 6.57. The number of ether oxygens (including phenoxy) is 4. The van der Waals surface area contributed by atoms with Gasteiger partial charge in [-0.05, 0) is 79.8 Å². The van der Waals surface area contributed by atoms with Crippen molar-refractivity contribution in [2.75, 3.05) is 26.9 Å². The zero-order chi connectivity index (χ0) is 30.4. The lowest BCUT2D eigenvalue weighted by atomic mass is 9.96. The van der Waals surface area contributed by atoms with E-state index in [1.165, 1.54) is 18.0 Å². The van der Waals surface area contributed by atoms with Crippen LogP contribution in [0.15, 0.2) is 58.4 Å². The molecule has 42 heavy (non-hydrogen) atoms. The number of hydrogen-bond donors (Lipinski definition) is 0. The molecule has 10 heteroatoms. The Kier molecular flexibility index (Phi) is 9.85. The van der Waals surface area contributed by atoms with Gasteiger partial charge in [-0.15, -0.1) is 0 Å². The van der Waals surface area contributed by atoms with E-state index in [4.69, 9.17) is 30.8 Å². The molecule has 0 atom stereocenters. The first-order valence-electron chi connectivity index (χ1n) is 13.7. The van der Waals surface area contributed by atoms with Crippen molar-refractivity contribution < 1.29 is 23.7 Å². The van der Waals surface area contributed by atoms with Crippen molar-refractivity contribution in [2.24, 2.45) is 5.10 Å². The zero-order valence-corrected chi connectivity index (χ0v) is 25.3. The summed E-state index contributed by atoms with van der Waals surface area (Å²) in [6.45, 7) is 10.5. The Morgan fingerprint density at radius 2 is 1.76 bits per heavy atom. The van der Waals surface area contributed by atoms with Crippen LogP contribution in [0.25, 0.3) is 22.3 Å². The molecule has 9 nitrogen and oxygen atoms in total. The van der Waals surface area contributed by atoms with Gasteiger partial charge >= 0.3 is 5.97 Å². The number of benzene rings is 3. The number of esters is 1. The van der Waals surface area contributed by atoms with E-state index in [0.717, 1.165) is 22.4 Å². The molecule has 0 saturated heterocycles. The van der Waals surface area contributed by atoms with E-state index in [1.54, 1.807) is 24.3 Å². The predicted octanol–water partition coefficient (Wildman–Crippen LogP) is 6.38. The highest BCUT2D eigenvalue weighted by Gasteiger charge is 2.19. The fourth-order valence-corrected chi connectivity index (χ4v) is 4.73. The Balaban J connectivity index is 1.88. The molecule has 3 aromatic carbocycles. The fraction of sp³-hybridized carbons (Fsp3) is 0.312. The van der Waals surface area contributed by atoms with Gasteiger partial charge in [-0.2, -0.15) is 9.78 Å². The minimum atomic E-state index is -0.555. The van der Waals surface area contributed by atoms with Gasteiger partial charge in [0.2, 0.25) is 0 Å². The first-order chi connectivity index (χ1) is 20.2. The number of aryl methyl sites for hydroxylation is 1.